The van der Waals surface area contributed by atoms with Crippen molar-refractivity contribution in [2.75, 3.05) is 0 Å². The predicted molar refractivity (Wildman–Crippen MR) is 77.6 cm³/mol. The summed E-state index contributed by atoms with van der Waals surface area (Å²) in [4.78, 5) is 0.423. The Morgan fingerprint density at radius 3 is 2.40 bits per heavy atom. The second kappa shape index (κ2) is 6.43. The van der Waals surface area contributed by atoms with Crippen LogP contribution in [0.25, 0.3) is 0 Å². The fourth-order valence-corrected chi connectivity index (χ4v) is 1.87. The second-order valence-electron chi connectivity index (χ2n) is 4.31. The molecule has 2 rings (SSSR count). The molecule has 0 aromatic heterocycles. The molecule has 0 bridgehead atoms. The van der Waals surface area contributed by atoms with Gasteiger partial charge in [0.1, 0.15) is 24.0 Å². The van der Waals surface area contributed by atoms with Gasteiger partial charge in [-0.1, -0.05) is 24.4 Å². The van der Waals surface area contributed by atoms with Gasteiger partial charge in [-0.15, -0.1) is 0 Å². The van der Waals surface area contributed by atoms with Gasteiger partial charge in [-0.05, 0) is 29.8 Å². The Hall–Kier alpha value is -2.01. The maximum Gasteiger partial charge on any atom is 0.132 e. The molecule has 0 amide bonds. The molecule has 2 aromatic rings. The molecule has 104 valence electrons. The highest BCUT2D eigenvalue weighted by Crippen LogP contribution is 2.16. The zero-order chi connectivity index (χ0) is 14.5. The number of halogens is 2. The molecular formula is C15H13F2NOS. The first-order chi connectivity index (χ1) is 9.54. The van der Waals surface area contributed by atoms with Crippen molar-refractivity contribution in [3.63, 3.8) is 0 Å². The van der Waals surface area contributed by atoms with E-state index in [1.165, 1.54) is 12.1 Å². The summed E-state index contributed by atoms with van der Waals surface area (Å²) in [6.07, 6.45) is 0.530. The van der Waals surface area contributed by atoms with Crippen LogP contribution in [0.1, 0.15) is 11.1 Å². The lowest BCUT2D eigenvalue weighted by molar-refractivity contribution is 0.299. The lowest BCUT2D eigenvalue weighted by Crippen LogP contribution is -2.10. The summed E-state index contributed by atoms with van der Waals surface area (Å²) >= 11 is 4.82. The Bertz CT molecular complexity index is 614. The largest absolute Gasteiger partial charge is 0.489 e. The number of rotatable bonds is 5. The third-order valence-electron chi connectivity index (χ3n) is 2.71. The fraction of sp³-hybridized carbons (Fsp3) is 0.133. The standard InChI is InChI=1S/C15H13F2NOS/c16-12-4-3-11(14(17)8-12)9-19-13-5-1-10(2-6-13)7-15(18)20/h1-6,8H,7,9H2,(H2,18,20). The van der Waals surface area contributed by atoms with Gasteiger partial charge in [-0.25, -0.2) is 8.78 Å². The van der Waals surface area contributed by atoms with Gasteiger partial charge in [0.05, 0.1) is 4.99 Å². The number of hydrogen-bond donors (Lipinski definition) is 1. The quantitative estimate of drug-likeness (QED) is 0.858. The molecule has 0 aliphatic heterocycles. The highest BCUT2D eigenvalue weighted by molar-refractivity contribution is 7.80. The maximum absolute atomic E-state index is 13.4. The highest BCUT2D eigenvalue weighted by atomic mass is 32.1. The number of hydrogen-bond acceptors (Lipinski definition) is 2. The molecule has 2 nitrogen and oxygen atoms in total. The zero-order valence-corrected chi connectivity index (χ0v) is 11.4. The van der Waals surface area contributed by atoms with Crippen LogP contribution >= 0.6 is 12.2 Å². The highest BCUT2D eigenvalue weighted by Gasteiger charge is 2.05. The third-order valence-corrected chi connectivity index (χ3v) is 2.86. The molecule has 0 saturated carbocycles. The number of nitrogens with two attached hydrogens (primary N) is 1. The normalized spacial score (nSPS) is 10.3. The first-order valence-corrected chi connectivity index (χ1v) is 6.39. The van der Waals surface area contributed by atoms with E-state index >= 15 is 0 Å². The Balaban J connectivity index is 1.98. The number of benzene rings is 2. The molecule has 0 heterocycles. The van der Waals surface area contributed by atoms with Crippen LogP contribution in [0.3, 0.4) is 0 Å². The molecule has 2 aromatic carbocycles. The molecule has 5 heteroatoms. The topological polar surface area (TPSA) is 35.2 Å². The molecule has 0 atom stereocenters. The zero-order valence-electron chi connectivity index (χ0n) is 10.6. The summed E-state index contributed by atoms with van der Waals surface area (Å²) in [6.45, 7) is 0.0424. The maximum atomic E-state index is 13.4. The van der Waals surface area contributed by atoms with Crippen LogP contribution in [0.5, 0.6) is 5.75 Å². The van der Waals surface area contributed by atoms with Gasteiger partial charge in [-0.2, -0.15) is 0 Å². The summed E-state index contributed by atoms with van der Waals surface area (Å²) in [6, 6.07) is 10.6. The van der Waals surface area contributed by atoms with E-state index in [1.54, 1.807) is 12.1 Å². The SMILES string of the molecule is NC(=S)Cc1ccc(OCc2ccc(F)cc2F)cc1. The van der Waals surface area contributed by atoms with Crippen LogP contribution in [-0.4, -0.2) is 4.99 Å². The van der Waals surface area contributed by atoms with Gasteiger partial charge in [0.25, 0.3) is 0 Å². The minimum absolute atomic E-state index is 0.0424. The van der Waals surface area contributed by atoms with Crippen molar-refractivity contribution in [2.45, 2.75) is 13.0 Å². The van der Waals surface area contributed by atoms with Crippen LogP contribution in [0.15, 0.2) is 42.5 Å². The van der Waals surface area contributed by atoms with Gasteiger partial charge in [0.2, 0.25) is 0 Å². The van der Waals surface area contributed by atoms with E-state index in [9.17, 15) is 8.78 Å². The van der Waals surface area contributed by atoms with Crippen LogP contribution < -0.4 is 10.5 Å². The molecule has 2 N–H and O–H groups in total. The lowest BCUT2D eigenvalue weighted by atomic mass is 10.1. The van der Waals surface area contributed by atoms with Crippen LogP contribution in [0.4, 0.5) is 8.78 Å². The van der Waals surface area contributed by atoms with E-state index in [2.05, 4.69) is 0 Å². The van der Waals surface area contributed by atoms with E-state index in [0.29, 0.717) is 22.7 Å². The summed E-state index contributed by atoms with van der Waals surface area (Å²) in [5.74, 6) is -0.621. The third kappa shape index (κ3) is 3.99. The Labute approximate surface area is 121 Å². The fourth-order valence-electron chi connectivity index (χ4n) is 1.70. The molecule has 20 heavy (non-hydrogen) atoms. The number of ether oxygens (including phenoxy) is 1. The molecule has 0 spiro atoms. The smallest absolute Gasteiger partial charge is 0.132 e. The summed E-state index contributed by atoms with van der Waals surface area (Å²) in [5, 5.41) is 0. The lowest BCUT2D eigenvalue weighted by Gasteiger charge is -2.08. The van der Waals surface area contributed by atoms with Crippen molar-refractivity contribution >= 4 is 17.2 Å². The average molecular weight is 293 g/mol. The Kier molecular flexibility index (Phi) is 4.63. The first-order valence-electron chi connectivity index (χ1n) is 5.98. The van der Waals surface area contributed by atoms with E-state index in [4.69, 9.17) is 22.7 Å². The Morgan fingerprint density at radius 2 is 1.80 bits per heavy atom. The molecule has 0 saturated heterocycles. The second-order valence-corrected chi connectivity index (χ2v) is 4.84. The minimum Gasteiger partial charge on any atom is -0.489 e. The van der Waals surface area contributed by atoms with Crippen molar-refractivity contribution in [1.29, 1.82) is 0 Å². The number of thiocarbonyl (C=S) groups is 1. The van der Waals surface area contributed by atoms with Crippen molar-refractivity contribution < 1.29 is 13.5 Å². The van der Waals surface area contributed by atoms with E-state index < -0.39 is 11.6 Å². The molecular weight excluding hydrogens is 280 g/mol. The van der Waals surface area contributed by atoms with Crippen molar-refractivity contribution in [3.05, 3.63) is 65.2 Å². The van der Waals surface area contributed by atoms with Crippen LogP contribution in [-0.2, 0) is 13.0 Å². The molecule has 0 unspecified atom stereocenters. The van der Waals surface area contributed by atoms with E-state index in [0.717, 1.165) is 11.6 Å². The van der Waals surface area contributed by atoms with Gasteiger partial charge < -0.3 is 10.5 Å². The molecule has 0 aliphatic carbocycles. The van der Waals surface area contributed by atoms with Crippen molar-refractivity contribution in [2.24, 2.45) is 5.73 Å². The van der Waals surface area contributed by atoms with E-state index in [-0.39, 0.29) is 6.61 Å². The summed E-state index contributed by atoms with van der Waals surface area (Å²) in [7, 11) is 0. The predicted octanol–water partition coefficient (Wildman–Crippen LogP) is 3.37. The van der Waals surface area contributed by atoms with Crippen LogP contribution in [0, 0.1) is 11.6 Å². The van der Waals surface area contributed by atoms with Gasteiger partial charge >= 0.3 is 0 Å². The van der Waals surface area contributed by atoms with E-state index in [1.807, 2.05) is 12.1 Å². The monoisotopic (exact) mass is 293 g/mol. The van der Waals surface area contributed by atoms with Gasteiger partial charge in [0, 0.05) is 18.1 Å². The van der Waals surface area contributed by atoms with Crippen molar-refractivity contribution in [1.82, 2.24) is 0 Å². The molecule has 0 fully saturated rings. The van der Waals surface area contributed by atoms with Gasteiger partial charge in [0.15, 0.2) is 0 Å². The van der Waals surface area contributed by atoms with Crippen LogP contribution in [0.2, 0.25) is 0 Å². The van der Waals surface area contributed by atoms with Crippen molar-refractivity contribution in [3.8, 4) is 5.75 Å². The Morgan fingerprint density at radius 1 is 1.10 bits per heavy atom. The molecule has 0 aliphatic rings. The van der Waals surface area contributed by atoms with Gasteiger partial charge in [-0.3, -0.25) is 0 Å². The minimum atomic E-state index is -0.616. The molecule has 0 radical (unpaired) electrons. The summed E-state index contributed by atoms with van der Waals surface area (Å²) in [5.41, 5.74) is 6.74. The average Bonchev–Trinajstić information content (AvgIpc) is 2.39. The first kappa shape index (κ1) is 14.4. The summed E-state index contributed by atoms with van der Waals surface area (Å²) < 4.78 is 31.6.